The summed E-state index contributed by atoms with van der Waals surface area (Å²) in [5.74, 6) is 0.796. The molecule has 164 valence electrons. The lowest BCUT2D eigenvalue weighted by Crippen LogP contribution is -2.33. The van der Waals surface area contributed by atoms with Crippen LogP contribution in [0.3, 0.4) is 0 Å². The number of anilines is 1. The average Bonchev–Trinajstić information content (AvgIpc) is 3.42. The van der Waals surface area contributed by atoms with Crippen molar-refractivity contribution in [1.29, 1.82) is 0 Å². The van der Waals surface area contributed by atoms with Gasteiger partial charge >= 0.3 is 6.03 Å². The van der Waals surface area contributed by atoms with Crippen molar-refractivity contribution in [2.45, 2.75) is 39.8 Å². The molecule has 2 aromatic heterocycles. The van der Waals surface area contributed by atoms with Crippen LogP contribution >= 0.6 is 11.3 Å². The van der Waals surface area contributed by atoms with E-state index in [2.05, 4.69) is 46.3 Å². The molecule has 2 amide bonds. The van der Waals surface area contributed by atoms with Crippen LogP contribution in [0, 0.1) is 0 Å². The van der Waals surface area contributed by atoms with E-state index in [-0.39, 0.29) is 12.1 Å². The number of fused-ring (bicyclic) bond motifs is 1. The Kier molecular flexibility index (Phi) is 6.63. The summed E-state index contributed by atoms with van der Waals surface area (Å²) >= 11 is 1.84. The van der Waals surface area contributed by atoms with Crippen LogP contribution in [-0.4, -0.2) is 35.2 Å². The first-order chi connectivity index (χ1) is 15.1. The predicted molar refractivity (Wildman–Crippen MR) is 126 cm³/mol. The highest BCUT2D eigenvalue weighted by Gasteiger charge is 2.27. The van der Waals surface area contributed by atoms with E-state index in [9.17, 15) is 4.79 Å². The van der Waals surface area contributed by atoms with Gasteiger partial charge in [0.15, 0.2) is 0 Å². The lowest BCUT2D eigenvalue weighted by Gasteiger charge is -2.26. The van der Waals surface area contributed by atoms with Crippen molar-refractivity contribution in [2.75, 3.05) is 25.0 Å². The molecule has 2 N–H and O–H groups in total. The van der Waals surface area contributed by atoms with Crippen molar-refractivity contribution >= 4 is 23.1 Å². The summed E-state index contributed by atoms with van der Waals surface area (Å²) < 4.78 is 7.63. The average molecular weight is 439 g/mol. The molecule has 0 fully saturated rings. The summed E-state index contributed by atoms with van der Waals surface area (Å²) in [5, 5.41) is 7.28. The Bertz CT molecular complexity index is 1010. The van der Waals surface area contributed by atoms with Gasteiger partial charge in [0.2, 0.25) is 0 Å². The van der Waals surface area contributed by atoms with E-state index in [4.69, 9.17) is 4.74 Å². The summed E-state index contributed by atoms with van der Waals surface area (Å²) in [6, 6.07) is 11.2. The molecular formula is C24H30N4O2S. The predicted octanol–water partition coefficient (Wildman–Crippen LogP) is 5.20. The minimum absolute atomic E-state index is 0.103. The molecule has 1 aliphatic heterocycles. The van der Waals surface area contributed by atoms with Crippen molar-refractivity contribution in [3.63, 3.8) is 0 Å². The molecule has 1 unspecified atom stereocenters. The molecule has 3 aromatic rings. The summed E-state index contributed by atoms with van der Waals surface area (Å²) in [7, 11) is 0. The number of likely N-dealkylation sites (N-methyl/N-ethyl adjacent to an activating group) is 1. The molecule has 3 heterocycles. The smallest absolute Gasteiger partial charge is 0.319 e. The number of urea groups is 1. The highest BCUT2D eigenvalue weighted by molar-refractivity contribution is 7.15. The van der Waals surface area contributed by atoms with Crippen LogP contribution in [-0.2, 0) is 13.0 Å². The van der Waals surface area contributed by atoms with Crippen LogP contribution in [0.1, 0.15) is 42.8 Å². The number of amides is 2. The Hall–Kier alpha value is -2.77. The normalized spacial score (nSPS) is 14.7. The Morgan fingerprint density at radius 3 is 2.61 bits per heavy atom. The molecule has 1 aliphatic rings. The molecule has 0 saturated carbocycles. The highest BCUT2D eigenvalue weighted by atomic mass is 32.1. The maximum Gasteiger partial charge on any atom is 0.319 e. The molecule has 4 rings (SSSR count). The fourth-order valence-corrected chi connectivity index (χ4v) is 5.53. The Morgan fingerprint density at radius 2 is 1.94 bits per heavy atom. The van der Waals surface area contributed by atoms with Gasteiger partial charge in [-0.15, -0.1) is 11.3 Å². The first kappa shape index (κ1) is 21.5. The summed E-state index contributed by atoms with van der Waals surface area (Å²) in [6.07, 6.45) is 5.17. The molecule has 7 heteroatoms. The van der Waals surface area contributed by atoms with Gasteiger partial charge in [-0.3, -0.25) is 4.90 Å². The van der Waals surface area contributed by atoms with E-state index < -0.39 is 0 Å². The number of rotatable bonds is 7. The maximum absolute atomic E-state index is 12.7. The van der Waals surface area contributed by atoms with Gasteiger partial charge in [0.25, 0.3) is 0 Å². The molecule has 0 saturated heterocycles. The van der Waals surface area contributed by atoms with Gasteiger partial charge < -0.3 is 19.9 Å². The van der Waals surface area contributed by atoms with Gasteiger partial charge in [0.05, 0.1) is 12.6 Å². The van der Waals surface area contributed by atoms with E-state index in [1.807, 2.05) is 54.7 Å². The summed E-state index contributed by atoms with van der Waals surface area (Å²) in [6.45, 7) is 9.95. The molecular weight excluding hydrogens is 408 g/mol. The minimum Gasteiger partial charge on any atom is -0.494 e. The molecule has 31 heavy (non-hydrogen) atoms. The lowest BCUT2D eigenvalue weighted by atomic mass is 9.98. The quantitative estimate of drug-likeness (QED) is 0.533. The van der Waals surface area contributed by atoms with E-state index in [0.29, 0.717) is 6.61 Å². The second kappa shape index (κ2) is 9.58. The number of carbonyl (C=O) groups is 1. The van der Waals surface area contributed by atoms with Crippen molar-refractivity contribution in [3.05, 3.63) is 64.8 Å². The van der Waals surface area contributed by atoms with Gasteiger partial charge in [0.1, 0.15) is 10.8 Å². The first-order valence-corrected chi connectivity index (χ1v) is 11.7. The zero-order valence-electron chi connectivity index (χ0n) is 18.4. The van der Waals surface area contributed by atoms with Gasteiger partial charge in [-0.2, -0.15) is 0 Å². The largest absolute Gasteiger partial charge is 0.494 e. The van der Waals surface area contributed by atoms with Crippen LogP contribution in [0.25, 0.3) is 5.00 Å². The summed E-state index contributed by atoms with van der Waals surface area (Å²) in [4.78, 5) is 16.6. The van der Waals surface area contributed by atoms with Crippen LogP contribution in [0.15, 0.2) is 48.8 Å². The number of ether oxygens (including phenoxy) is 1. The van der Waals surface area contributed by atoms with E-state index >= 15 is 0 Å². The van der Waals surface area contributed by atoms with Crippen LogP contribution in [0.2, 0.25) is 0 Å². The Balaban J connectivity index is 1.53. The molecule has 0 radical (unpaired) electrons. The van der Waals surface area contributed by atoms with E-state index in [1.54, 1.807) is 0 Å². The minimum atomic E-state index is -0.207. The van der Waals surface area contributed by atoms with Crippen LogP contribution < -0.4 is 15.4 Å². The number of thiophene rings is 1. The van der Waals surface area contributed by atoms with Crippen LogP contribution in [0.4, 0.5) is 10.5 Å². The van der Waals surface area contributed by atoms with Gasteiger partial charge in [-0.1, -0.05) is 6.92 Å². The van der Waals surface area contributed by atoms with Crippen molar-refractivity contribution < 1.29 is 9.53 Å². The van der Waals surface area contributed by atoms with Crippen LogP contribution in [0.5, 0.6) is 5.75 Å². The Labute approximate surface area is 187 Å². The van der Waals surface area contributed by atoms with Gasteiger partial charge in [0, 0.05) is 41.6 Å². The van der Waals surface area contributed by atoms with Crippen molar-refractivity contribution in [3.8, 4) is 10.8 Å². The fraction of sp³-hybridized carbons (Fsp3) is 0.375. The van der Waals surface area contributed by atoms with E-state index in [0.717, 1.165) is 37.5 Å². The molecule has 1 aromatic carbocycles. The Morgan fingerprint density at radius 1 is 1.19 bits per heavy atom. The zero-order chi connectivity index (χ0) is 21.8. The molecule has 0 aliphatic carbocycles. The summed E-state index contributed by atoms with van der Waals surface area (Å²) in [5.41, 5.74) is 3.37. The second-order valence-corrected chi connectivity index (χ2v) is 8.79. The monoisotopic (exact) mass is 438 g/mol. The maximum atomic E-state index is 12.7. The number of benzene rings is 1. The number of hydrogen-bond acceptors (Lipinski definition) is 4. The third-order valence-electron chi connectivity index (χ3n) is 5.65. The molecule has 0 spiro atoms. The number of nitrogens with one attached hydrogen (secondary N) is 2. The molecule has 1 atom stereocenters. The molecule has 0 bridgehead atoms. The second-order valence-electron chi connectivity index (χ2n) is 7.71. The van der Waals surface area contributed by atoms with Gasteiger partial charge in [-0.05, 0) is 68.8 Å². The standard InChI is InChI=1S/C24H30N4O2S/c1-4-27-15-12-20-21(16-27)31-23(28-13-6-7-14-28)22(20)17(3)25-24(29)26-18-8-10-19(11-9-18)30-5-2/h6-11,13-14,17H,4-5,12,15-16H2,1-3H3,(H2,25,26,29). The number of hydrogen-bond donors (Lipinski definition) is 2. The third kappa shape index (κ3) is 4.78. The lowest BCUT2D eigenvalue weighted by molar-refractivity contribution is 0.249. The highest BCUT2D eigenvalue weighted by Crippen LogP contribution is 2.39. The third-order valence-corrected chi connectivity index (χ3v) is 6.89. The number of nitrogens with zero attached hydrogens (tertiary/aromatic N) is 2. The number of carbonyl (C=O) groups excluding carboxylic acids is 1. The fourth-order valence-electron chi connectivity index (χ4n) is 4.08. The van der Waals surface area contributed by atoms with Crippen molar-refractivity contribution in [2.24, 2.45) is 0 Å². The van der Waals surface area contributed by atoms with Crippen molar-refractivity contribution in [1.82, 2.24) is 14.8 Å². The topological polar surface area (TPSA) is 58.5 Å². The van der Waals surface area contributed by atoms with E-state index in [1.165, 1.54) is 21.0 Å². The first-order valence-electron chi connectivity index (χ1n) is 10.9. The van der Waals surface area contributed by atoms with Gasteiger partial charge in [-0.25, -0.2) is 4.79 Å². The number of aromatic nitrogens is 1. The zero-order valence-corrected chi connectivity index (χ0v) is 19.2. The SMILES string of the molecule is CCOc1ccc(NC(=O)NC(C)c2c(-n3cccc3)sc3c2CCN(CC)C3)cc1. The molecule has 6 nitrogen and oxygen atoms in total.